The van der Waals surface area contributed by atoms with Gasteiger partial charge in [-0.05, 0) is 69.7 Å². The smallest absolute Gasteiger partial charge is 0.410 e. The van der Waals surface area contributed by atoms with E-state index >= 15 is 0 Å². The first kappa shape index (κ1) is 29.4. The summed E-state index contributed by atoms with van der Waals surface area (Å²) in [4.78, 5) is 36.9. The Bertz CT molecular complexity index is 1350. The van der Waals surface area contributed by atoms with Crippen molar-refractivity contribution in [2.24, 2.45) is 11.8 Å². The van der Waals surface area contributed by atoms with E-state index in [0.29, 0.717) is 50.5 Å². The number of amides is 2. The second-order valence-electron chi connectivity index (χ2n) is 12.1. The van der Waals surface area contributed by atoms with Crippen LogP contribution in [0, 0.1) is 11.8 Å². The Balaban J connectivity index is 1.25. The van der Waals surface area contributed by atoms with Gasteiger partial charge in [-0.25, -0.2) is 4.79 Å². The molecule has 2 saturated heterocycles. The molecule has 1 aromatic carbocycles. The van der Waals surface area contributed by atoms with E-state index < -0.39 is 5.60 Å². The molecule has 10 nitrogen and oxygen atoms in total. The highest BCUT2D eigenvalue weighted by atomic mass is 16.6. The molecule has 0 bridgehead atoms. The largest absolute Gasteiger partial charge is 0.495 e. The molecule has 0 aliphatic carbocycles. The maximum absolute atomic E-state index is 13.6. The van der Waals surface area contributed by atoms with Crippen molar-refractivity contribution in [3.63, 3.8) is 0 Å². The zero-order valence-corrected chi connectivity index (χ0v) is 25.0. The van der Waals surface area contributed by atoms with Crippen LogP contribution in [0.4, 0.5) is 10.5 Å². The van der Waals surface area contributed by atoms with Gasteiger partial charge in [-0.1, -0.05) is 23.4 Å². The van der Waals surface area contributed by atoms with Gasteiger partial charge in [0.15, 0.2) is 5.76 Å². The molecular formula is C32H41N5O5. The SMILES string of the molecule is COc1ccccc1N1CCN(C(=O)C[C@@H]2CCN(C(=O)OC(C)(C)C)C[C@@H]2Cc2cc(-c3ccccn3)on2)CC1. The third-order valence-electron chi connectivity index (χ3n) is 7.99. The Labute approximate surface area is 247 Å². The van der Waals surface area contributed by atoms with Crippen molar-refractivity contribution in [2.45, 2.75) is 45.6 Å². The number of benzene rings is 1. The quantitative estimate of drug-likeness (QED) is 0.392. The average Bonchev–Trinajstić information content (AvgIpc) is 3.46. The lowest BCUT2D eigenvalue weighted by molar-refractivity contribution is -0.133. The van der Waals surface area contributed by atoms with Crippen LogP contribution in [0.3, 0.4) is 0 Å². The van der Waals surface area contributed by atoms with Gasteiger partial charge in [0.1, 0.15) is 17.0 Å². The Kier molecular flexibility index (Phi) is 8.99. The number of para-hydroxylation sites is 2. The summed E-state index contributed by atoms with van der Waals surface area (Å²) in [6.45, 7) is 9.50. The minimum Gasteiger partial charge on any atom is -0.495 e. The molecule has 3 aromatic rings. The summed E-state index contributed by atoms with van der Waals surface area (Å²) < 4.78 is 16.8. The summed E-state index contributed by atoms with van der Waals surface area (Å²) in [7, 11) is 1.68. The second-order valence-corrected chi connectivity index (χ2v) is 12.1. The van der Waals surface area contributed by atoms with E-state index in [2.05, 4.69) is 21.1 Å². The number of carbonyl (C=O) groups excluding carboxylic acids is 2. The number of nitrogens with zero attached hydrogens (tertiary/aromatic N) is 5. The molecule has 2 atom stereocenters. The average molecular weight is 576 g/mol. The van der Waals surface area contributed by atoms with Crippen LogP contribution in [0.15, 0.2) is 59.3 Å². The van der Waals surface area contributed by atoms with Gasteiger partial charge < -0.3 is 28.7 Å². The highest BCUT2D eigenvalue weighted by Crippen LogP contribution is 2.33. The Morgan fingerprint density at radius 2 is 1.74 bits per heavy atom. The minimum absolute atomic E-state index is 0.0340. The van der Waals surface area contributed by atoms with E-state index in [1.54, 1.807) is 18.2 Å². The summed E-state index contributed by atoms with van der Waals surface area (Å²) in [5.41, 5.74) is 1.98. The maximum atomic E-state index is 13.6. The van der Waals surface area contributed by atoms with Gasteiger partial charge in [0.05, 0.1) is 18.5 Å². The zero-order chi connectivity index (χ0) is 29.7. The molecule has 0 radical (unpaired) electrons. The molecule has 224 valence electrons. The number of likely N-dealkylation sites (tertiary alicyclic amines) is 1. The van der Waals surface area contributed by atoms with E-state index in [1.165, 1.54) is 0 Å². The first-order valence-electron chi connectivity index (χ1n) is 14.7. The molecule has 2 amide bonds. The number of hydrogen-bond acceptors (Lipinski definition) is 8. The molecule has 2 fully saturated rings. The van der Waals surface area contributed by atoms with E-state index in [9.17, 15) is 9.59 Å². The molecule has 0 saturated carbocycles. The van der Waals surface area contributed by atoms with Crippen LogP contribution in [-0.2, 0) is 16.0 Å². The Morgan fingerprint density at radius 3 is 2.45 bits per heavy atom. The summed E-state index contributed by atoms with van der Waals surface area (Å²) >= 11 is 0. The molecule has 10 heteroatoms. The molecule has 2 aliphatic heterocycles. The van der Waals surface area contributed by atoms with Crippen LogP contribution < -0.4 is 9.64 Å². The number of anilines is 1. The third kappa shape index (κ3) is 7.21. The van der Waals surface area contributed by atoms with Crippen molar-refractivity contribution < 1.29 is 23.6 Å². The van der Waals surface area contributed by atoms with Crippen LogP contribution in [0.2, 0.25) is 0 Å². The first-order valence-corrected chi connectivity index (χ1v) is 14.7. The number of aromatic nitrogens is 2. The van der Waals surface area contributed by atoms with Crippen molar-refractivity contribution in [3.8, 4) is 17.2 Å². The fourth-order valence-electron chi connectivity index (χ4n) is 5.82. The third-order valence-corrected chi connectivity index (χ3v) is 7.99. The monoisotopic (exact) mass is 575 g/mol. The number of ether oxygens (including phenoxy) is 2. The molecule has 2 aromatic heterocycles. The van der Waals surface area contributed by atoms with Gasteiger partial charge >= 0.3 is 6.09 Å². The van der Waals surface area contributed by atoms with Crippen molar-refractivity contribution >= 4 is 17.7 Å². The number of hydrogen-bond donors (Lipinski definition) is 0. The van der Waals surface area contributed by atoms with Crippen LogP contribution in [0.5, 0.6) is 5.75 Å². The lowest BCUT2D eigenvalue weighted by Crippen LogP contribution is -2.51. The number of rotatable bonds is 7. The molecular weight excluding hydrogens is 534 g/mol. The maximum Gasteiger partial charge on any atom is 0.410 e. The van der Waals surface area contributed by atoms with Crippen molar-refractivity contribution in [1.82, 2.24) is 19.9 Å². The topological polar surface area (TPSA) is 101 Å². The molecule has 42 heavy (non-hydrogen) atoms. The van der Waals surface area contributed by atoms with Crippen molar-refractivity contribution in [1.29, 1.82) is 0 Å². The van der Waals surface area contributed by atoms with Crippen molar-refractivity contribution in [2.75, 3.05) is 51.3 Å². The summed E-state index contributed by atoms with van der Waals surface area (Å²) in [6.07, 6.45) is 3.15. The summed E-state index contributed by atoms with van der Waals surface area (Å²) in [6, 6.07) is 15.5. The van der Waals surface area contributed by atoms with E-state index in [-0.39, 0.29) is 23.8 Å². The van der Waals surface area contributed by atoms with Crippen molar-refractivity contribution in [3.05, 3.63) is 60.4 Å². The van der Waals surface area contributed by atoms with Crippen LogP contribution >= 0.6 is 0 Å². The highest BCUT2D eigenvalue weighted by Gasteiger charge is 2.36. The summed E-state index contributed by atoms with van der Waals surface area (Å²) in [5.74, 6) is 1.75. The molecule has 0 N–H and O–H groups in total. The number of piperazine rings is 1. The van der Waals surface area contributed by atoms with Gasteiger partial charge in [-0.2, -0.15) is 0 Å². The predicted octanol–water partition coefficient (Wildman–Crippen LogP) is 4.90. The number of pyridine rings is 1. The lowest BCUT2D eigenvalue weighted by Gasteiger charge is -2.40. The van der Waals surface area contributed by atoms with Gasteiger partial charge in [0, 0.05) is 58.0 Å². The molecule has 2 aliphatic rings. The molecule has 4 heterocycles. The molecule has 5 rings (SSSR count). The van der Waals surface area contributed by atoms with Gasteiger partial charge in [0.25, 0.3) is 0 Å². The number of methoxy groups -OCH3 is 1. The fraction of sp³-hybridized carbons (Fsp3) is 0.500. The van der Waals surface area contributed by atoms with E-state index in [0.717, 1.165) is 36.6 Å². The summed E-state index contributed by atoms with van der Waals surface area (Å²) in [5, 5.41) is 4.31. The lowest BCUT2D eigenvalue weighted by atomic mass is 9.80. The fourth-order valence-corrected chi connectivity index (χ4v) is 5.82. The highest BCUT2D eigenvalue weighted by molar-refractivity contribution is 5.77. The van der Waals surface area contributed by atoms with E-state index in [1.807, 2.05) is 68.1 Å². The second kappa shape index (κ2) is 12.8. The Morgan fingerprint density at radius 1 is 0.976 bits per heavy atom. The number of carbonyl (C=O) groups is 2. The van der Waals surface area contributed by atoms with Gasteiger partial charge in [-0.3, -0.25) is 9.78 Å². The predicted molar refractivity (Wildman–Crippen MR) is 159 cm³/mol. The van der Waals surface area contributed by atoms with E-state index in [4.69, 9.17) is 14.0 Å². The van der Waals surface area contributed by atoms with Crippen LogP contribution in [-0.4, -0.2) is 83.9 Å². The Hall–Kier alpha value is -4.08. The van der Waals surface area contributed by atoms with Gasteiger partial charge in [0.2, 0.25) is 5.91 Å². The standard InChI is InChI=1S/C32H41N5O5/c1-32(2,3)41-31(39)37-14-12-23(24(22-37)19-25-21-29(42-34-25)26-9-7-8-13-33-26)20-30(38)36-17-15-35(16-18-36)27-10-5-6-11-28(27)40-4/h5-11,13,21,23-24H,12,14-20,22H2,1-4H3/t23-,24-/m0/s1. The molecule has 0 unspecified atom stereocenters. The normalized spacial score (nSPS) is 19.5. The number of piperidine rings is 1. The minimum atomic E-state index is -0.574. The van der Waals surface area contributed by atoms with Gasteiger partial charge in [-0.15, -0.1) is 0 Å². The first-order chi connectivity index (χ1) is 20.2. The zero-order valence-electron chi connectivity index (χ0n) is 25.0. The molecule has 0 spiro atoms. The van der Waals surface area contributed by atoms with Crippen LogP contribution in [0.25, 0.3) is 11.5 Å². The van der Waals surface area contributed by atoms with Crippen LogP contribution in [0.1, 0.15) is 39.3 Å².